The molecule has 0 amide bonds. The molecule has 4 heteroatoms. The molecule has 0 unspecified atom stereocenters. The summed E-state index contributed by atoms with van der Waals surface area (Å²) in [6, 6.07) is 0. The summed E-state index contributed by atoms with van der Waals surface area (Å²) in [5, 5.41) is 7.57. The fourth-order valence-corrected chi connectivity index (χ4v) is 1.81. The number of rotatable bonds is 11. The number of carbonyl (C=O) groups is 1. The zero-order valence-corrected chi connectivity index (χ0v) is 18.3. The number of aliphatic hydroxyl groups is 1. The van der Waals surface area contributed by atoms with Crippen molar-refractivity contribution in [2.24, 2.45) is 0 Å². The fraction of sp³-hybridized carbons (Fsp3) is 0.938. The second-order valence-electron chi connectivity index (χ2n) is 4.84. The van der Waals surface area contributed by atoms with Crippen LogP contribution in [0.3, 0.4) is 0 Å². The van der Waals surface area contributed by atoms with E-state index in [1.165, 1.54) is 64.7 Å². The number of ether oxygens (including phenoxy) is 1. The summed E-state index contributed by atoms with van der Waals surface area (Å²) in [5.74, 6) is -0.157. The Bertz CT molecular complexity index is 175. The Morgan fingerprint density at radius 3 is 1.55 bits per heavy atom. The largest absolute Gasteiger partial charge is 0.466 e. The summed E-state index contributed by atoms with van der Waals surface area (Å²) in [7, 11) is 0. The van der Waals surface area contributed by atoms with Crippen molar-refractivity contribution >= 4 is 33.3 Å². The van der Waals surface area contributed by atoms with Gasteiger partial charge >= 0.3 is 5.97 Å². The Kier molecular flexibility index (Phi) is 30.9. The van der Waals surface area contributed by atoms with Crippen molar-refractivity contribution in [3.63, 3.8) is 0 Å². The molecule has 0 aromatic heterocycles. The Morgan fingerprint density at radius 2 is 1.20 bits per heavy atom. The third kappa shape index (κ3) is 31.0. The molecule has 0 atom stereocenters. The van der Waals surface area contributed by atoms with Crippen LogP contribution in [-0.2, 0) is 9.53 Å². The van der Waals surface area contributed by atoms with E-state index in [0.717, 1.165) is 6.42 Å². The Morgan fingerprint density at radius 1 is 0.850 bits per heavy atom. The molecule has 0 rings (SSSR count). The molecule has 0 aromatic rings. The average Bonchev–Trinajstić information content (AvgIpc) is 2.36. The quantitative estimate of drug-likeness (QED) is 0.276. The van der Waals surface area contributed by atoms with Gasteiger partial charge in [0.2, 0.25) is 0 Å². The first-order valence-corrected chi connectivity index (χ1v) is 7.93. The predicted octanol–water partition coefficient (Wildman–Crippen LogP) is 4.09. The topological polar surface area (TPSA) is 46.5 Å². The molecule has 0 aliphatic carbocycles. The number of aliphatic hydroxyl groups excluding tert-OH is 1. The van der Waals surface area contributed by atoms with Crippen molar-refractivity contribution in [1.82, 2.24) is 0 Å². The van der Waals surface area contributed by atoms with Crippen LogP contribution in [0.2, 0.25) is 0 Å². The van der Waals surface area contributed by atoms with Crippen LogP contribution in [0.25, 0.3) is 0 Å². The van der Waals surface area contributed by atoms with Gasteiger partial charge in [-0.25, -0.2) is 0 Å². The minimum absolute atomic E-state index is 0. The summed E-state index contributed by atoms with van der Waals surface area (Å²) in [6.07, 6.45) is 13.1. The second-order valence-corrected chi connectivity index (χ2v) is 4.84. The maximum atomic E-state index is 10.5. The van der Waals surface area contributed by atoms with Crippen LogP contribution in [0.4, 0.5) is 0 Å². The van der Waals surface area contributed by atoms with Crippen LogP contribution in [0.15, 0.2) is 0 Å². The zero-order chi connectivity index (χ0) is 14.8. The van der Waals surface area contributed by atoms with E-state index in [4.69, 9.17) is 9.84 Å². The van der Waals surface area contributed by atoms with E-state index in [2.05, 4.69) is 6.92 Å². The van der Waals surface area contributed by atoms with Gasteiger partial charge in [-0.1, -0.05) is 64.7 Å². The van der Waals surface area contributed by atoms with Crippen LogP contribution in [0, 0.1) is 0 Å². The van der Waals surface area contributed by atoms with E-state index in [0.29, 0.717) is 6.61 Å². The van der Waals surface area contributed by atoms with Crippen molar-refractivity contribution in [2.75, 3.05) is 13.2 Å². The number of esters is 1. The fourth-order valence-electron chi connectivity index (χ4n) is 1.81. The van der Waals surface area contributed by atoms with Gasteiger partial charge < -0.3 is 9.84 Å². The van der Waals surface area contributed by atoms with E-state index in [9.17, 15) is 4.79 Å². The summed E-state index contributed by atoms with van der Waals surface area (Å²) in [5.41, 5.74) is 0. The normalized spacial score (nSPS) is 9.20. The Balaban J connectivity index is -0.000000657. The van der Waals surface area contributed by atoms with Gasteiger partial charge in [0.05, 0.1) is 6.61 Å². The van der Waals surface area contributed by atoms with E-state index in [1.807, 2.05) is 0 Å². The smallest absolute Gasteiger partial charge is 0.302 e. The molecule has 3 nitrogen and oxygen atoms in total. The molecule has 119 valence electrons. The standard InChI is InChI=1S/C14H28O2.C2H6O.Tl/c1-3-4-5-6-7-8-9-10-11-12-13-16-14(2)15;1-2-3;/h3-13H2,1-2H3;3H,2H2,1H3;. The van der Waals surface area contributed by atoms with E-state index >= 15 is 0 Å². The van der Waals surface area contributed by atoms with Crippen molar-refractivity contribution in [3.8, 4) is 0 Å². The molecular formula is C16H34O3Tl. The summed E-state index contributed by atoms with van der Waals surface area (Å²) in [6.45, 7) is 6.26. The van der Waals surface area contributed by atoms with Crippen LogP contribution in [0.5, 0.6) is 0 Å². The first-order chi connectivity index (χ1) is 9.18. The van der Waals surface area contributed by atoms with Crippen molar-refractivity contribution in [3.05, 3.63) is 0 Å². The molecule has 0 saturated carbocycles. The van der Waals surface area contributed by atoms with Gasteiger partial charge in [0.15, 0.2) is 0 Å². The first kappa shape index (κ1) is 25.3. The summed E-state index contributed by atoms with van der Waals surface area (Å²) >= 11 is 0. The third-order valence-corrected chi connectivity index (χ3v) is 2.80. The number of carbonyl (C=O) groups excluding carboxylic acids is 1. The van der Waals surface area contributed by atoms with Crippen LogP contribution >= 0.6 is 0 Å². The van der Waals surface area contributed by atoms with Crippen molar-refractivity contribution < 1.29 is 14.6 Å². The van der Waals surface area contributed by atoms with Gasteiger partial charge in [-0.2, -0.15) is 0 Å². The summed E-state index contributed by atoms with van der Waals surface area (Å²) < 4.78 is 4.87. The number of hydrogen-bond acceptors (Lipinski definition) is 3. The van der Waals surface area contributed by atoms with Gasteiger partial charge in [-0.3, -0.25) is 4.79 Å². The first-order valence-electron chi connectivity index (χ1n) is 7.93. The van der Waals surface area contributed by atoms with Crippen molar-refractivity contribution in [2.45, 2.75) is 85.0 Å². The molecular weight excluding hydrogens is 445 g/mol. The summed E-state index contributed by atoms with van der Waals surface area (Å²) in [4.78, 5) is 10.5. The van der Waals surface area contributed by atoms with E-state index in [1.54, 1.807) is 6.92 Å². The number of unbranched alkanes of at least 4 members (excludes halogenated alkanes) is 9. The monoisotopic (exact) mass is 479 g/mol. The number of hydrogen-bond donors (Lipinski definition) is 1. The Labute approximate surface area is 146 Å². The maximum Gasteiger partial charge on any atom is 0.302 e. The van der Waals surface area contributed by atoms with Gasteiger partial charge in [0.25, 0.3) is 0 Å². The zero-order valence-electron chi connectivity index (χ0n) is 13.8. The van der Waals surface area contributed by atoms with Crippen LogP contribution in [-0.4, -0.2) is 51.6 Å². The molecule has 0 saturated heterocycles. The van der Waals surface area contributed by atoms with Gasteiger partial charge in [0, 0.05) is 40.8 Å². The Hall–Kier alpha value is 0.352. The van der Waals surface area contributed by atoms with Crippen molar-refractivity contribution in [1.29, 1.82) is 0 Å². The van der Waals surface area contributed by atoms with E-state index in [-0.39, 0.29) is 39.9 Å². The minimum Gasteiger partial charge on any atom is -0.466 e. The van der Waals surface area contributed by atoms with Gasteiger partial charge in [0.1, 0.15) is 0 Å². The van der Waals surface area contributed by atoms with E-state index < -0.39 is 0 Å². The molecule has 0 spiro atoms. The predicted molar refractivity (Wildman–Crippen MR) is 87.0 cm³/mol. The minimum atomic E-state index is -0.157. The molecule has 0 aliphatic rings. The molecule has 0 aromatic carbocycles. The SMILES string of the molecule is CCCCCCCCCCCCOC(C)=O.CCO.[Tl]. The molecule has 0 heterocycles. The van der Waals surface area contributed by atoms with Gasteiger partial charge in [-0.05, 0) is 13.3 Å². The van der Waals surface area contributed by atoms with Crippen LogP contribution in [0.1, 0.15) is 85.0 Å². The second kappa shape index (κ2) is 24.4. The molecule has 20 heavy (non-hydrogen) atoms. The molecule has 0 aliphatic heterocycles. The molecule has 1 radical (unpaired) electrons. The molecule has 1 N–H and O–H groups in total. The maximum absolute atomic E-state index is 10.5. The van der Waals surface area contributed by atoms with Gasteiger partial charge in [-0.15, -0.1) is 0 Å². The molecule has 0 fully saturated rings. The third-order valence-electron chi connectivity index (χ3n) is 2.80. The average molecular weight is 479 g/mol. The van der Waals surface area contributed by atoms with Crippen LogP contribution < -0.4 is 0 Å². The molecule has 0 bridgehead atoms.